The lowest BCUT2D eigenvalue weighted by Crippen LogP contribution is -2.29. The van der Waals surface area contributed by atoms with Crippen molar-refractivity contribution >= 4 is 17.2 Å². The quantitative estimate of drug-likeness (QED) is 0.628. The molecule has 2 aliphatic rings. The fourth-order valence-corrected chi connectivity index (χ4v) is 4.46. The van der Waals surface area contributed by atoms with Crippen LogP contribution in [0.15, 0.2) is 36.4 Å². The molecule has 0 aliphatic heterocycles. The van der Waals surface area contributed by atoms with Crippen LogP contribution in [0.3, 0.4) is 0 Å². The normalized spacial score (nSPS) is 38.2. The lowest BCUT2D eigenvalue weighted by Gasteiger charge is -2.37. The van der Waals surface area contributed by atoms with Crippen LogP contribution in [0.1, 0.15) is 32.8 Å². The fraction of sp³-hybridized carbons (Fsp3) is 0.500. The number of fused-ring (bicyclic) bond motifs is 2. The summed E-state index contributed by atoms with van der Waals surface area (Å²) in [4.78, 5) is 0. The van der Waals surface area contributed by atoms with Crippen LogP contribution in [0, 0.1) is 16.7 Å². The standard InChI is InChI=1S/C16H19Cl/c1-15(2)13-9-12(11-7-5-4-6-8-11)16(15,3)10-14(13)17/h4-9,13-14H,10H2,1-3H3/t13-,14+,16-/m1/s1. The highest BCUT2D eigenvalue weighted by Crippen LogP contribution is 2.68. The van der Waals surface area contributed by atoms with Gasteiger partial charge in [0.05, 0.1) is 0 Å². The summed E-state index contributed by atoms with van der Waals surface area (Å²) in [5.41, 5.74) is 3.38. The molecule has 0 saturated heterocycles. The van der Waals surface area contributed by atoms with Gasteiger partial charge in [-0.15, -0.1) is 11.6 Å². The van der Waals surface area contributed by atoms with Crippen LogP contribution in [0.4, 0.5) is 0 Å². The topological polar surface area (TPSA) is 0 Å². The van der Waals surface area contributed by atoms with Gasteiger partial charge in [0.25, 0.3) is 0 Å². The highest BCUT2D eigenvalue weighted by Gasteiger charge is 2.60. The first-order chi connectivity index (χ1) is 7.97. The lowest BCUT2D eigenvalue weighted by atomic mass is 9.66. The van der Waals surface area contributed by atoms with Crippen molar-refractivity contribution in [3.8, 4) is 0 Å². The molecule has 0 nitrogen and oxygen atoms in total. The van der Waals surface area contributed by atoms with Crippen LogP contribution >= 0.6 is 11.6 Å². The van der Waals surface area contributed by atoms with Crippen molar-refractivity contribution in [2.24, 2.45) is 16.7 Å². The van der Waals surface area contributed by atoms with Gasteiger partial charge < -0.3 is 0 Å². The van der Waals surface area contributed by atoms with Crippen molar-refractivity contribution in [1.29, 1.82) is 0 Å². The first-order valence-corrected chi connectivity index (χ1v) is 6.82. The Kier molecular flexibility index (Phi) is 2.26. The molecule has 1 aromatic rings. The second-order valence-electron chi connectivity index (χ2n) is 6.25. The number of allylic oxidation sites excluding steroid dienone is 2. The van der Waals surface area contributed by atoms with Gasteiger partial charge in [-0.1, -0.05) is 57.2 Å². The Morgan fingerprint density at radius 1 is 1.12 bits per heavy atom. The Bertz CT molecular complexity index is 472. The minimum Gasteiger partial charge on any atom is -0.122 e. The van der Waals surface area contributed by atoms with E-state index in [1.54, 1.807) is 0 Å². The molecule has 0 radical (unpaired) electrons. The van der Waals surface area contributed by atoms with Gasteiger partial charge in [-0.25, -0.2) is 0 Å². The highest BCUT2D eigenvalue weighted by molar-refractivity contribution is 6.21. The smallest absolute Gasteiger partial charge is 0.0412 e. The molecular formula is C16H19Cl. The molecule has 1 saturated carbocycles. The SMILES string of the molecule is CC1(C)[C@@H]2C=C(c3ccccc3)[C@@]1(C)C[C@@H]2Cl. The molecule has 0 N–H and O–H groups in total. The molecule has 3 atom stereocenters. The van der Waals surface area contributed by atoms with E-state index in [9.17, 15) is 0 Å². The summed E-state index contributed by atoms with van der Waals surface area (Å²) in [6.45, 7) is 7.12. The lowest BCUT2D eigenvalue weighted by molar-refractivity contribution is 0.190. The van der Waals surface area contributed by atoms with E-state index in [0.29, 0.717) is 11.3 Å². The third-order valence-corrected chi connectivity index (χ3v) is 5.70. The summed E-state index contributed by atoms with van der Waals surface area (Å²) in [5, 5.41) is 0.308. The monoisotopic (exact) mass is 246 g/mol. The fourth-order valence-electron chi connectivity index (χ4n) is 3.77. The highest BCUT2D eigenvalue weighted by atomic mass is 35.5. The van der Waals surface area contributed by atoms with Gasteiger partial charge in [0.15, 0.2) is 0 Å². The second-order valence-corrected chi connectivity index (χ2v) is 6.81. The summed E-state index contributed by atoms with van der Waals surface area (Å²) >= 11 is 6.49. The van der Waals surface area contributed by atoms with Crippen LogP contribution in [0.5, 0.6) is 0 Å². The van der Waals surface area contributed by atoms with E-state index < -0.39 is 0 Å². The molecule has 0 unspecified atom stereocenters. The summed E-state index contributed by atoms with van der Waals surface area (Å²) in [5.74, 6) is 0.518. The largest absolute Gasteiger partial charge is 0.122 e. The molecular weight excluding hydrogens is 228 g/mol. The molecule has 0 amide bonds. The minimum atomic E-state index is 0.228. The van der Waals surface area contributed by atoms with Gasteiger partial charge in [0.1, 0.15) is 0 Å². The zero-order valence-electron chi connectivity index (χ0n) is 10.7. The van der Waals surface area contributed by atoms with E-state index in [2.05, 4.69) is 57.2 Å². The molecule has 0 heterocycles. The van der Waals surface area contributed by atoms with Crippen LogP contribution < -0.4 is 0 Å². The summed E-state index contributed by atoms with van der Waals surface area (Å²) in [6.07, 6.45) is 3.53. The van der Waals surface area contributed by atoms with E-state index in [1.807, 2.05) is 0 Å². The number of benzene rings is 1. The first-order valence-electron chi connectivity index (χ1n) is 6.38. The molecule has 90 valence electrons. The molecule has 1 heteroatoms. The molecule has 2 aliphatic carbocycles. The van der Waals surface area contributed by atoms with Crippen LogP contribution in [-0.2, 0) is 0 Å². The first kappa shape index (κ1) is 11.3. The Balaban J connectivity index is 2.11. The Morgan fingerprint density at radius 3 is 2.24 bits per heavy atom. The van der Waals surface area contributed by atoms with Crippen molar-refractivity contribution in [2.75, 3.05) is 0 Å². The predicted octanol–water partition coefficient (Wildman–Crippen LogP) is 4.74. The molecule has 0 spiro atoms. The summed E-state index contributed by atoms with van der Waals surface area (Å²) in [6, 6.07) is 10.8. The molecule has 1 fully saturated rings. The Hall–Kier alpha value is -0.750. The van der Waals surface area contributed by atoms with E-state index in [1.165, 1.54) is 11.1 Å². The van der Waals surface area contributed by atoms with E-state index in [-0.39, 0.29) is 10.8 Å². The minimum absolute atomic E-state index is 0.228. The average molecular weight is 247 g/mol. The van der Waals surface area contributed by atoms with Crippen LogP contribution in [-0.4, -0.2) is 5.38 Å². The maximum absolute atomic E-state index is 6.49. The number of hydrogen-bond acceptors (Lipinski definition) is 0. The van der Waals surface area contributed by atoms with Crippen molar-refractivity contribution in [3.63, 3.8) is 0 Å². The van der Waals surface area contributed by atoms with Crippen molar-refractivity contribution in [2.45, 2.75) is 32.6 Å². The average Bonchev–Trinajstić information content (AvgIpc) is 2.58. The van der Waals surface area contributed by atoms with E-state index in [4.69, 9.17) is 11.6 Å². The molecule has 0 aromatic heterocycles. The second kappa shape index (κ2) is 3.38. The van der Waals surface area contributed by atoms with Gasteiger partial charge in [-0.3, -0.25) is 0 Å². The summed E-state index contributed by atoms with van der Waals surface area (Å²) < 4.78 is 0. The Morgan fingerprint density at radius 2 is 1.76 bits per heavy atom. The van der Waals surface area contributed by atoms with Gasteiger partial charge in [0, 0.05) is 5.38 Å². The number of rotatable bonds is 1. The third kappa shape index (κ3) is 1.31. The van der Waals surface area contributed by atoms with Crippen molar-refractivity contribution < 1.29 is 0 Å². The predicted molar refractivity (Wildman–Crippen MR) is 74.1 cm³/mol. The van der Waals surface area contributed by atoms with Crippen LogP contribution in [0.2, 0.25) is 0 Å². The van der Waals surface area contributed by atoms with Gasteiger partial charge in [-0.05, 0) is 34.3 Å². The van der Waals surface area contributed by atoms with Crippen molar-refractivity contribution in [1.82, 2.24) is 0 Å². The van der Waals surface area contributed by atoms with Crippen molar-refractivity contribution in [3.05, 3.63) is 42.0 Å². The van der Waals surface area contributed by atoms with E-state index >= 15 is 0 Å². The van der Waals surface area contributed by atoms with Gasteiger partial charge >= 0.3 is 0 Å². The maximum Gasteiger partial charge on any atom is 0.0412 e. The number of alkyl halides is 1. The number of hydrogen-bond donors (Lipinski definition) is 0. The molecule has 1 aromatic carbocycles. The zero-order chi connectivity index (χ0) is 12.3. The van der Waals surface area contributed by atoms with E-state index in [0.717, 1.165) is 6.42 Å². The zero-order valence-corrected chi connectivity index (χ0v) is 11.5. The van der Waals surface area contributed by atoms with Crippen LogP contribution in [0.25, 0.3) is 5.57 Å². The Labute approximate surface area is 109 Å². The molecule has 3 rings (SSSR count). The van der Waals surface area contributed by atoms with Gasteiger partial charge in [-0.2, -0.15) is 0 Å². The summed E-state index contributed by atoms with van der Waals surface area (Å²) in [7, 11) is 0. The molecule has 2 bridgehead atoms. The number of halogens is 1. The molecule has 17 heavy (non-hydrogen) atoms. The van der Waals surface area contributed by atoms with Gasteiger partial charge in [0.2, 0.25) is 0 Å². The third-order valence-electron chi connectivity index (χ3n) is 5.27. The maximum atomic E-state index is 6.49.